The second-order valence-electron chi connectivity index (χ2n) is 7.94. The molecule has 3 aromatic heterocycles. The lowest BCUT2D eigenvalue weighted by molar-refractivity contribution is -0.132. The molecule has 0 bridgehead atoms. The number of rotatable bonds is 6. The predicted molar refractivity (Wildman–Crippen MR) is 117 cm³/mol. The fourth-order valence-electron chi connectivity index (χ4n) is 4.15. The molecule has 0 saturated carbocycles. The topological polar surface area (TPSA) is 117 Å². The molecule has 5 rings (SSSR count). The zero-order valence-corrected chi connectivity index (χ0v) is 18.7. The molecule has 170 valence electrons. The van der Waals surface area contributed by atoms with Crippen molar-refractivity contribution in [1.82, 2.24) is 39.6 Å². The molecule has 11 nitrogen and oxygen atoms in total. The first kappa shape index (κ1) is 20.9. The molecule has 11 heteroatoms. The van der Waals surface area contributed by atoms with E-state index in [1.165, 1.54) is 0 Å². The second-order valence-corrected chi connectivity index (χ2v) is 7.94. The number of hydrogen-bond acceptors (Lipinski definition) is 8. The van der Waals surface area contributed by atoms with Gasteiger partial charge in [-0.1, -0.05) is 17.3 Å². The standard InChI is InChI=1S/C22H24N8O3/c1-28-13-23-25-22(28)20-15-12-30(11-10-16(15)29(2)26-20)19(31)9-8-18-24-21(27-33-18)14-6-4-5-7-17(14)32-3/h4-7,13H,8-12H2,1-3H3. The highest BCUT2D eigenvalue weighted by Gasteiger charge is 2.29. The van der Waals surface area contributed by atoms with Crippen molar-refractivity contribution in [3.05, 3.63) is 47.7 Å². The first-order chi connectivity index (χ1) is 16.0. The molecule has 0 spiro atoms. The van der Waals surface area contributed by atoms with Crippen LogP contribution in [-0.2, 0) is 38.3 Å². The van der Waals surface area contributed by atoms with Crippen molar-refractivity contribution in [2.75, 3.05) is 13.7 Å². The minimum atomic E-state index is 0.0328. The van der Waals surface area contributed by atoms with Crippen LogP contribution in [0.25, 0.3) is 22.9 Å². The third-order valence-corrected chi connectivity index (χ3v) is 5.89. The Kier molecular flexibility index (Phi) is 5.37. The van der Waals surface area contributed by atoms with Crippen molar-refractivity contribution in [1.29, 1.82) is 0 Å². The van der Waals surface area contributed by atoms with Gasteiger partial charge in [0.1, 0.15) is 17.8 Å². The van der Waals surface area contributed by atoms with Gasteiger partial charge in [0.05, 0.1) is 12.7 Å². The fraction of sp³-hybridized carbons (Fsp3) is 0.364. The average molecular weight is 448 g/mol. The second kappa shape index (κ2) is 8.49. The van der Waals surface area contributed by atoms with E-state index in [0.29, 0.717) is 42.8 Å². The first-order valence-corrected chi connectivity index (χ1v) is 10.7. The Labute approximate surface area is 190 Å². The van der Waals surface area contributed by atoms with Gasteiger partial charge in [-0.05, 0) is 12.1 Å². The molecule has 0 N–H and O–H groups in total. The fourth-order valence-corrected chi connectivity index (χ4v) is 4.15. The maximum absolute atomic E-state index is 13.0. The molecule has 0 saturated heterocycles. The molecule has 1 aromatic carbocycles. The SMILES string of the molecule is COc1ccccc1-c1noc(CCC(=O)N2CCc3c(c(-c4nncn4C)nn3C)C2)n1. The number of para-hydroxylation sites is 1. The Morgan fingerprint density at radius 1 is 1.24 bits per heavy atom. The number of nitrogens with zero attached hydrogens (tertiary/aromatic N) is 8. The maximum Gasteiger partial charge on any atom is 0.227 e. The molecular weight excluding hydrogens is 424 g/mol. The van der Waals surface area contributed by atoms with Crippen molar-refractivity contribution >= 4 is 5.91 Å². The summed E-state index contributed by atoms with van der Waals surface area (Å²) in [7, 11) is 5.40. The van der Waals surface area contributed by atoms with Gasteiger partial charge in [-0.2, -0.15) is 10.1 Å². The predicted octanol–water partition coefficient (Wildman–Crippen LogP) is 1.79. The van der Waals surface area contributed by atoms with Crippen LogP contribution in [0.2, 0.25) is 0 Å². The van der Waals surface area contributed by atoms with Gasteiger partial charge in [0, 0.05) is 57.7 Å². The molecule has 4 heterocycles. The summed E-state index contributed by atoms with van der Waals surface area (Å²) in [6.07, 6.45) is 3.03. The zero-order chi connectivity index (χ0) is 22.9. The number of methoxy groups -OCH3 is 1. The molecular formula is C22H24N8O3. The van der Waals surface area contributed by atoms with E-state index in [0.717, 1.165) is 28.9 Å². The van der Waals surface area contributed by atoms with Gasteiger partial charge in [0.25, 0.3) is 0 Å². The average Bonchev–Trinajstić information content (AvgIpc) is 3.56. The normalized spacial score (nSPS) is 13.2. The summed E-state index contributed by atoms with van der Waals surface area (Å²) < 4.78 is 14.4. The van der Waals surface area contributed by atoms with E-state index >= 15 is 0 Å². The Bertz CT molecular complexity index is 1300. The van der Waals surface area contributed by atoms with Gasteiger partial charge in [-0.3, -0.25) is 9.48 Å². The minimum absolute atomic E-state index is 0.0328. The Balaban J connectivity index is 1.27. The van der Waals surface area contributed by atoms with Crippen LogP contribution in [0.3, 0.4) is 0 Å². The van der Waals surface area contributed by atoms with Crippen LogP contribution in [0.15, 0.2) is 35.1 Å². The Morgan fingerprint density at radius 2 is 2.09 bits per heavy atom. The van der Waals surface area contributed by atoms with E-state index in [-0.39, 0.29) is 12.3 Å². The number of fused-ring (bicyclic) bond motifs is 1. The summed E-state index contributed by atoms with van der Waals surface area (Å²) in [6.45, 7) is 1.13. The molecule has 0 unspecified atom stereocenters. The van der Waals surface area contributed by atoms with E-state index in [1.807, 2.05) is 52.5 Å². The number of hydrogen-bond donors (Lipinski definition) is 0. The van der Waals surface area contributed by atoms with Crippen LogP contribution in [0.5, 0.6) is 5.75 Å². The largest absolute Gasteiger partial charge is 0.496 e. The monoisotopic (exact) mass is 448 g/mol. The van der Waals surface area contributed by atoms with Gasteiger partial charge in [0.2, 0.25) is 17.6 Å². The third kappa shape index (κ3) is 3.86. The molecule has 4 aromatic rings. The molecule has 33 heavy (non-hydrogen) atoms. The molecule has 0 atom stereocenters. The molecule has 0 fully saturated rings. The van der Waals surface area contributed by atoms with E-state index in [2.05, 4.69) is 25.4 Å². The molecule has 0 radical (unpaired) electrons. The first-order valence-electron chi connectivity index (χ1n) is 10.7. The molecule has 1 amide bonds. The number of ether oxygens (including phenoxy) is 1. The van der Waals surface area contributed by atoms with E-state index < -0.39 is 0 Å². The number of amides is 1. The van der Waals surface area contributed by atoms with Crippen molar-refractivity contribution < 1.29 is 14.1 Å². The lowest BCUT2D eigenvalue weighted by atomic mass is 10.0. The summed E-state index contributed by atoms with van der Waals surface area (Å²) in [5.41, 5.74) is 3.65. The highest BCUT2D eigenvalue weighted by Crippen LogP contribution is 2.29. The van der Waals surface area contributed by atoms with Crippen LogP contribution < -0.4 is 4.74 Å². The molecule has 1 aliphatic heterocycles. The molecule has 1 aliphatic rings. The number of carbonyl (C=O) groups excluding carboxylic acids is 1. The van der Waals surface area contributed by atoms with Gasteiger partial charge in [-0.25, -0.2) is 0 Å². The van der Waals surface area contributed by atoms with E-state index in [9.17, 15) is 4.79 Å². The van der Waals surface area contributed by atoms with Gasteiger partial charge < -0.3 is 18.7 Å². The molecule has 0 aliphatic carbocycles. The summed E-state index contributed by atoms with van der Waals surface area (Å²) in [5, 5.41) is 16.8. The minimum Gasteiger partial charge on any atom is -0.496 e. The lowest BCUT2D eigenvalue weighted by Crippen LogP contribution is -2.36. The van der Waals surface area contributed by atoms with Crippen LogP contribution in [0, 0.1) is 0 Å². The third-order valence-electron chi connectivity index (χ3n) is 5.89. The van der Waals surface area contributed by atoms with Crippen molar-refractivity contribution in [2.24, 2.45) is 14.1 Å². The van der Waals surface area contributed by atoms with Gasteiger partial charge >= 0.3 is 0 Å². The Morgan fingerprint density at radius 3 is 2.88 bits per heavy atom. The number of carbonyl (C=O) groups is 1. The van der Waals surface area contributed by atoms with Crippen LogP contribution in [0.1, 0.15) is 23.6 Å². The van der Waals surface area contributed by atoms with Crippen molar-refractivity contribution in [3.63, 3.8) is 0 Å². The van der Waals surface area contributed by atoms with Gasteiger partial charge in [0.15, 0.2) is 5.82 Å². The zero-order valence-electron chi connectivity index (χ0n) is 18.7. The Hall–Kier alpha value is -4.02. The van der Waals surface area contributed by atoms with Crippen LogP contribution >= 0.6 is 0 Å². The van der Waals surface area contributed by atoms with Crippen molar-refractivity contribution in [2.45, 2.75) is 25.8 Å². The van der Waals surface area contributed by atoms with Gasteiger partial charge in [-0.15, -0.1) is 10.2 Å². The van der Waals surface area contributed by atoms with E-state index in [1.54, 1.807) is 13.4 Å². The highest BCUT2D eigenvalue weighted by molar-refractivity contribution is 5.77. The summed E-state index contributed by atoms with van der Waals surface area (Å²) >= 11 is 0. The summed E-state index contributed by atoms with van der Waals surface area (Å²) in [5.74, 6) is 2.26. The van der Waals surface area contributed by atoms with Crippen LogP contribution in [-0.4, -0.2) is 59.1 Å². The smallest absolute Gasteiger partial charge is 0.227 e. The number of benzene rings is 1. The summed E-state index contributed by atoms with van der Waals surface area (Å²) in [6, 6.07) is 7.47. The lowest BCUT2D eigenvalue weighted by Gasteiger charge is -2.27. The maximum atomic E-state index is 13.0. The highest BCUT2D eigenvalue weighted by atomic mass is 16.5. The quantitative estimate of drug-likeness (QED) is 0.438. The number of aromatic nitrogens is 7. The van der Waals surface area contributed by atoms with Crippen LogP contribution in [0.4, 0.5) is 0 Å². The van der Waals surface area contributed by atoms with E-state index in [4.69, 9.17) is 9.26 Å². The summed E-state index contributed by atoms with van der Waals surface area (Å²) in [4.78, 5) is 19.3. The van der Waals surface area contributed by atoms with Crippen molar-refractivity contribution in [3.8, 4) is 28.7 Å². The number of aryl methyl sites for hydroxylation is 3.